The molecule has 2 aliphatic rings. The second kappa shape index (κ2) is 6.71. The van der Waals surface area contributed by atoms with Crippen LogP contribution in [0.3, 0.4) is 0 Å². The smallest absolute Gasteiger partial charge is 0.253 e. The number of amides is 2. The van der Waals surface area contributed by atoms with Gasteiger partial charge in [0.1, 0.15) is 0 Å². The minimum atomic E-state index is -0.182. The highest BCUT2D eigenvalue weighted by Gasteiger charge is 2.41. The average molecular weight is 316 g/mol. The van der Waals surface area contributed by atoms with E-state index >= 15 is 0 Å². The third kappa shape index (κ3) is 3.72. The van der Waals surface area contributed by atoms with Crippen molar-refractivity contribution in [2.45, 2.75) is 44.2 Å². The quantitative estimate of drug-likeness (QED) is 0.907. The molecule has 1 N–H and O–H groups in total. The zero-order chi connectivity index (χ0) is 16.3. The Kier molecular flexibility index (Phi) is 4.66. The maximum Gasteiger partial charge on any atom is 0.253 e. The lowest BCUT2D eigenvalue weighted by Crippen LogP contribution is -2.54. The molecule has 0 aromatic heterocycles. The molecule has 0 radical (unpaired) electrons. The molecule has 1 atom stereocenters. The molecule has 2 saturated heterocycles. The van der Waals surface area contributed by atoms with Gasteiger partial charge in [0.25, 0.3) is 5.91 Å². The predicted molar refractivity (Wildman–Crippen MR) is 87.1 cm³/mol. The van der Waals surface area contributed by atoms with Gasteiger partial charge in [-0.05, 0) is 37.8 Å². The van der Waals surface area contributed by atoms with Crippen molar-refractivity contribution in [3.05, 3.63) is 35.9 Å². The molecule has 1 spiro atoms. The van der Waals surface area contributed by atoms with Gasteiger partial charge < -0.3 is 15.0 Å². The van der Waals surface area contributed by atoms with E-state index in [-0.39, 0.29) is 23.5 Å². The Morgan fingerprint density at radius 1 is 1.22 bits per heavy atom. The third-order valence-electron chi connectivity index (χ3n) is 4.88. The summed E-state index contributed by atoms with van der Waals surface area (Å²) in [5.74, 6) is 0.110. The van der Waals surface area contributed by atoms with Crippen LogP contribution in [0.5, 0.6) is 0 Å². The van der Waals surface area contributed by atoms with Crippen LogP contribution in [0.25, 0.3) is 0 Å². The van der Waals surface area contributed by atoms with Crippen LogP contribution in [-0.4, -0.2) is 48.1 Å². The van der Waals surface area contributed by atoms with Crippen molar-refractivity contribution in [2.24, 2.45) is 0 Å². The molecule has 5 nitrogen and oxygen atoms in total. The Morgan fingerprint density at radius 3 is 2.57 bits per heavy atom. The van der Waals surface area contributed by atoms with Gasteiger partial charge >= 0.3 is 0 Å². The van der Waals surface area contributed by atoms with E-state index in [4.69, 9.17) is 4.74 Å². The largest absolute Gasteiger partial charge is 0.375 e. The van der Waals surface area contributed by atoms with E-state index in [0.29, 0.717) is 19.7 Å². The zero-order valence-electron chi connectivity index (χ0n) is 13.6. The third-order valence-corrected chi connectivity index (χ3v) is 4.88. The van der Waals surface area contributed by atoms with E-state index in [2.05, 4.69) is 5.32 Å². The van der Waals surface area contributed by atoms with Gasteiger partial charge in [0.2, 0.25) is 5.91 Å². The van der Waals surface area contributed by atoms with E-state index in [0.717, 1.165) is 31.2 Å². The molecule has 0 bridgehead atoms. The predicted octanol–water partition coefficient (Wildman–Crippen LogP) is 1.98. The Labute approximate surface area is 137 Å². The maximum atomic E-state index is 12.5. The minimum absolute atomic E-state index is 0.0174. The van der Waals surface area contributed by atoms with Crippen LogP contribution in [0, 0.1) is 0 Å². The number of hydrogen-bond acceptors (Lipinski definition) is 3. The van der Waals surface area contributed by atoms with E-state index in [9.17, 15) is 9.59 Å². The standard InChI is InChI=1S/C18H24N2O3/c1-14(21)19-16-7-12-23-18(13-16)8-10-20(11-9-18)17(22)15-5-3-2-4-6-15/h2-6,16H,7-13H2,1H3,(H,19,21)/t16-/m1/s1. The topological polar surface area (TPSA) is 58.6 Å². The lowest BCUT2D eigenvalue weighted by molar-refractivity contribution is -0.128. The fourth-order valence-electron chi connectivity index (χ4n) is 3.67. The second-order valence-corrected chi connectivity index (χ2v) is 6.58. The first-order valence-electron chi connectivity index (χ1n) is 8.33. The molecule has 23 heavy (non-hydrogen) atoms. The minimum Gasteiger partial charge on any atom is -0.375 e. The number of likely N-dealkylation sites (tertiary alicyclic amines) is 1. The van der Waals surface area contributed by atoms with Gasteiger partial charge in [-0.2, -0.15) is 0 Å². The summed E-state index contributed by atoms with van der Waals surface area (Å²) in [5.41, 5.74) is 0.558. The van der Waals surface area contributed by atoms with E-state index < -0.39 is 0 Å². The molecule has 2 amide bonds. The molecular weight excluding hydrogens is 292 g/mol. The van der Waals surface area contributed by atoms with Gasteiger partial charge in [-0.15, -0.1) is 0 Å². The van der Waals surface area contributed by atoms with Gasteiger partial charge in [0, 0.05) is 38.2 Å². The summed E-state index contributed by atoms with van der Waals surface area (Å²) in [4.78, 5) is 25.7. The molecule has 3 rings (SSSR count). The Bertz CT molecular complexity index is 565. The van der Waals surface area contributed by atoms with Crippen LogP contribution in [-0.2, 0) is 9.53 Å². The lowest BCUT2D eigenvalue weighted by Gasteiger charge is -2.46. The molecule has 0 aliphatic carbocycles. The van der Waals surface area contributed by atoms with Gasteiger partial charge in [-0.25, -0.2) is 0 Å². The Balaban J connectivity index is 1.59. The zero-order valence-corrected chi connectivity index (χ0v) is 13.6. The fourth-order valence-corrected chi connectivity index (χ4v) is 3.67. The highest BCUT2D eigenvalue weighted by atomic mass is 16.5. The van der Waals surface area contributed by atoms with Crippen LogP contribution in [0.1, 0.15) is 43.0 Å². The number of carbonyl (C=O) groups is 2. The summed E-state index contributed by atoms with van der Waals surface area (Å²) in [5, 5.41) is 3.01. The van der Waals surface area contributed by atoms with Crippen LogP contribution in [0.15, 0.2) is 30.3 Å². The number of nitrogens with one attached hydrogen (secondary N) is 1. The number of piperidine rings is 1. The molecule has 2 fully saturated rings. The summed E-state index contributed by atoms with van der Waals surface area (Å²) >= 11 is 0. The Morgan fingerprint density at radius 2 is 1.91 bits per heavy atom. The van der Waals surface area contributed by atoms with Crippen molar-refractivity contribution in [1.29, 1.82) is 0 Å². The average Bonchev–Trinajstić information content (AvgIpc) is 2.55. The van der Waals surface area contributed by atoms with Gasteiger partial charge in [0.05, 0.1) is 5.60 Å². The highest BCUT2D eigenvalue weighted by Crippen LogP contribution is 2.35. The highest BCUT2D eigenvalue weighted by molar-refractivity contribution is 5.94. The molecule has 0 unspecified atom stereocenters. The molecule has 5 heteroatoms. The van der Waals surface area contributed by atoms with Crippen molar-refractivity contribution >= 4 is 11.8 Å². The van der Waals surface area contributed by atoms with E-state index in [1.165, 1.54) is 0 Å². The van der Waals surface area contributed by atoms with Crippen LogP contribution < -0.4 is 5.32 Å². The second-order valence-electron chi connectivity index (χ2n) is 6.58. The van der Waals surface area contributed by atoms with Crippen molar-refractivity contribution in [3.63, 3.8) is 0 Å². The van der Waals surface area contributed by atoms with Crippen molar-refractivity contribution in [1.82, 2.24) is 10.2 Å². The van der Waals surface area contributed by atoms with Crippen LogP contribution in [0.4, 0.5) is 0 Å². The fraction of sp³-hybridized carbons (Fsp3) is 0.556. The molecule has 2 aliphatic heterocycles. The number of carbonyl (C=O) groups excluding carboxylic acids is 2. The first-order chi connectivity index (χ1) is 11.1. The van der Waals surface area contributed by atoms with E-state index in [1.807, 2.05) is 35.2 Å². The molecule has 124 valence electrons. The SMILES string of the molecule is CC(=O)N[C@@H]1CCOC2(CCN(C(=O)c3ccccc3)CC2)C1. The van der Waals surface area contributed by atoms with Crippen LogP contribution in [0.2, 0.25) is 0 Å². The summed E-state index contributed by atoms with van der Waals surface area (Å²) in [7, 11) is 0. The monoisotopic (exact) mass is 316 g/mol. The van der Waals surface area contributed by atoms with Crippen molar-refractivity contribution in [3.8, 4) is 0 Å². The Hall–Kier alpha value is -1.88. The van der Waals surface area contributed by atoms with E-state index in [1.54, 1.807) is 6.92 Å². The molecule has 1 aromatic rings. The molecular formula is C18H24N2O3. The normalized spacial score (nSPS) is 23.5. The first-order valence-corrected chi connectivity index (χ1v) is 8.33. The van der Waals surface area contributed by atoms with Gasteiger partial charge in [0.15, 0.2) is 0 Å². The number of hydrogen-bond donors (Lipinski definition) is 1. The number of rotatable bonds is 2. The first kappa shape index (κ1) is 16.0. The molecule has 2 heterocycles. The number of ether oxygens (including phenoxy) is 1. The molecule has 0 saturated carbocycles. The van der Waals surface area contributed by atoms with Crippen molar-refractivity contribution in [2.75, 3.05) is 19.7 Å². The number of benzene rings is 1. The van der Waals surface area contributed by atoms with Crippen LogP contribution >= 0.6 is 0 Å². The maximum absolute atomic E-state index is 12.5. The van der Waals surface area contributed by atoms with Gasteiger partial charge in [-0.1, -0.05) is 18.2 Å². The number of nitrogens with zero attached hydrogens (tertiary/aromatic N) is 1. The van der Waals surface area contributed by atoms with Crippen molar-refractivity contribution < 1.29 is 14.3 Å². The summed E-state index contributed by atoms with van der Waals surface area (Å²) < 4.78 is 6.06. The summed E-state index contributed by atoms with van der Waals surface area (Å²) in [6.45, 7) is 3.65. The van der Waals surface area contributed by atoms with Gasteiger partial charge in [-0.3, -0.25) is 9.59 Å². The lowest BCUT2D eigenvalue weighted by atomic mass is 9.82. The molecule has 1 aromatic carbocycles. The summed E-state index contributed by atoms with van der Waals surface area (Å²) in [6, 6.07) is 9.60. The summed E-state index contributed by atoms with van der Waals surface area (Å²) in [6.07, 6.45) is 3.39.